The van der Waals surface area contributed by atoms with Crippen LogP contribution in [0.2, 0.25) is 0 Å². The Morgan fingerprint density at radius 2 is 1.89 bits per heavy atom. The predicted octanol–water partition coefficient (Wildman–Crippen LogP) is 2.74. The molecule has 102 valence electrons. The minimum Gasteiger partial charge on any atom is -0.399 e. The van der Waals surface area contributed by atoms with Crippen molar-refractivity contribution in [1.29, 1.82) is 0 Å². The van der Waals surface area contributed by atoms with Gasteiger partial charge in [-0.1, -0.05) is 20.8 Å². The molecule has 0 aliphatic rings. The van der Waals surface area contributed by atoms with Gasteiger partial charge in [-0.05, 0) is 46.5 Å². The minimum atomic E-state index is -3.57. The Hall–Kier alpha value is -0.590. The third kappa shape index (κ3) is 3.70. The highest BCUT2D eigenvalue weighted by Gasteiger charge is 2.27. The summed E-state index contributed by atoms with van der Waals surface area (Å²) in [6.07, 6.45) is 0. The molecule has 0 bridgehead atoms. The molecule has 0 aliphatic heterocycles. The number of nitrogens with one attached hydrogen (secondary N) is 1. The molecule has 0 spiro atoms. The van der Waals surface area contributed by atoms with Gasteiger partial charge in [-0.15, -0.1) is 0 Å². The lowest BCUT2D eigenvalue weighted by Crippen LogP contribution is -2.41. The van der Waals surface area contributed by atoms with Gasteiger partial charge in [-0.2, -0.15) is 0 Å². The lowest BCUT2D eigenvalue weighted by molar-refractivity contribution is 0.317. The second-order valence-corrected chi connectivity index (χ2v) is 7.94. The van der Waals surface area contributed by atoms with Crippen LogP contribution in [0.4, 0.5) is 5.69 Å². The van der Waals surface area contributed by atoms with Gasteiger partial charge in [0.25, 0.3) is 0 Å². The summed E-state index contributed by atoms with van der Waals surface area (Å²) in [5, 5.41) is 0. The number of hydrogen-bond acceptors (Lipinski definition) is 3. The molecule has 6 heteroatoms. The van der Waals surface area contributed by atoms with E-state index in [2.05, 4.69) is 20.7 Å². The van der Waals surface area contributed by atoms with E-state index in [1.54, 1.807) is 12.1 Å². The van der Waals surface area contributed by atoms with E-state index in [4.69, 9.17) is 5.73 Å². The summed E-state index contributed by atoms with van der Waals surface area (Å²) in [6, 6.07) is 4.54. The highest BCUT2D eigenvalue weighted by molar-refractivity contribution is 9.10. The molecular weight excluding hydrogens is 316 g/mol. The lowest BCUT2D eigenvalue weighted by Gasteiger charge is -2.28. The summed E-state index contributed by atoms with van der Waals surface area (Å²) in [5.41, 5.74) is 5.89. The van der Waals surface area contributed by atoms with Crippen LogP contribution in [0.3, 0.4) is 0 Å². The van der Waals surface area contributed by atoms with Crippen molar-refractivity contribution in [2.24, 2.45) is 5.41 Å². The van der Waals surface area contributed by atoms with Crippen molar-refractivity contribution < 1.29 is 8.42 Å². The zero-order valence-corrected chi connectivity index (χ0v) is 13.4. The van der Waals surface area contributed by atoms with Crippen LogP contribution in [-0.4, -0.2) is 14.5 Å². The van der Waals surface area contributed by atoms with E-state index in [0.717, 1.165) is 0 Å². The monoisotopic (exact) mass is 334 g/mol. The summed E-state index contributed by atoms with van der Waals surface area (Å²) < 4.78 is 27.7. The number of nitrogens with two attached hydrogens (primary N) is 1. The number of halogens is 1. The largest absolute Gasteiger partial charge is 0.399 e. The molecule has 0 amide bonds. The van der Waals surface area contributed by atoms with Gasteiger partial charge < -0.3 is 5.73 Å². The molecule has 1 aromatic rings. The highest BCUT2D eigenvalue weighted by Crippen LogP contribution is 2.26. The lowest BCUT2D eigenvalue weighted by atomic mass is 9.89. The third-order valence-electron chi connectivity index (χ3n) is 2.88. The summed E-state index contributed by atoms with van der Waals surface area (Å²) in [7, 11) is -3.57. The van der Waals surface area contributed by atoms with Crippen LogP contribution in [0.1, 0.15) is 27.7 Å². The Morgan fingerprint density at radius 1 is 1.33 bits per heavy atom. The second-order valence-electron chi connectivity index (χ2n) is 5.40. The van der Waals surface area contributed by atoms with Gasteiger partial charge in [0.1, 0.15) is 0 Å². The highest BCUT2D eigenvalue weighted by atomic mass is 79.9. The van der Waals surface area contributed by atoms with Crippen LogP contribution in [0.25, 0.3) is 0 Å². The van der Waals surface area contributed by atoms with Gasteiger partial charge >= 0.3 is 0 Å². The number of sulfonamides is 1. The molecule has 0 saturated heterocycles. The quantitative estimate of drug-likeness (QED) is 0.835. The average Bonchev–Trinajstić information content (AvgIpc) is 2.19. The summed E-state index contributed by atoms with van der Waals surface area (Å²) in [4.78, 5) is 0.165. The van der Waals surface area contributed by atoms with E-state index in [0.29, 0.717) is 10.2 Å². The fourth-order valence-electron chi connectivity index (χ4n) is 1.20. The Labute approximate surface area is 117 Å². The van der Waals surface area contributed by atoms with E-state index in [9.17, 15) is 8.42 Å². The molecule has 4 nitrogen and oxygen atoms in total. The van der Waals surface area contributed by atoms with Crippen LogP contribution >= 0.6 is 15.9 Å². The third-order valence-corrected chi connectivity index (χ3v) is 5.41. The molecule has 0 aliphatic carbocycles. The predicted molar refractivity (Wildman–Crippen MR) is 77.8 cm³/mol. The van der Waals surface area contributed by atoms with Crippen molar-refractivity contribution in [1.82, 2.24) is 4.72 Å². The van der Waals surface area contributed by atoms with Crippen LogP contribution in [0.5, 0.6) is 0 Å². The van der Waals surface area contributed by atoms with E-state index < -0.39 is 10.0 Å². The van der Waals surface area contributed by atoms with Gasteiger partial charge in [-0.25, -0.2) is 13.1 Å². The first-order chi connectivity index (χ1) is 8.04. The molecule has 1 rings (SSSR count). The van der Waals surface area contributed by atoms with Crippen LogP contribution in [0, 0.1) is 5.41 Å². The molecule has 18 heavy (non-hydrogen) atoms. The number of rotatable bonds is 3. The number of nitrogen functional groups attached to an aromatic ring is 1. The molecule has 0 saturated carbocycles. The number of hydrogen-bond donors (Lipinski definition) is 2. The van der Waals surface area contributed by atoms with Crippen LogP contribution in [0.15, 0.2) is 27.6 Å². The smallest absolute Gasteiger partial charge is 0.242 e. The van der Waals surface area contributed by atoms with Crippen molar-refractivity contribution in [2.75, 3.05) is 5.73 Å². The van der Waals surface area contributed by atoms with Crippen molar-refractivity contribution in [3.05, 3.63) is 22.7 Å². The van der Waals surface area contributed by atoms with E-state index in [1.807, 2.05) is 27.7 Å². The molecule has 1 atom stereocenters. The van der Waals surface area contributed by atoms with E-state index in [-0.39, 0.29) is 16.4 Å². The van der Waals surface area contributed by atoms with Crippen molar-refractivity contribution in [2.45, 2.75) is 38.6 Å². The Bertz CT molecular complexity index is 535. The topological polar surface area (TPSA) is 72.2 Å². The maximum atomic E-state index is 12.3. The zero-order chi connectivity index (χ0) is 14.1. The second kappa shape index (κ2) is 5.19. The van der Waals surface area contributed by atoms with Gasteiger partial charge in [0.05, 0.1) is 4.90 Å². The Morgan fingerprint density at radius 3 is 2.39 bits per heavy atom. The van der Waals surface area contributed by atoms with Gasteiger partial charge in [0, 0.05) is 16.2 Å². The van der Waals surface area contributed by atoms with E-state index in [1.165, 1.54) is 6.07 Å². The van der Waals surface area contributed by atoms with Gasteiger partial charge in [-0.3, -0.25) is 0 Å². The Kier molecular flexibility index (Phi) is 4.46. The number of benzene rings is 1. The zero-order valence-electron chi connectivity index (χ0n) is 11.0. The maximum Gasteiger partial charge on any atom is 0.242 e. The summed E-state index contributed by atoms with van der Waals surface area (Å²) >= 11 is 3.23. The van der Waals surface area contributed by atoms with Gasteiger partial charge in [0.15, 0.2) is 0 Å². The Balaban J connectivity index is 3.11. The van der Waals surface area contributed by atoms with Crippen LogP contribution < -0.4 is 10.5 Å². The molecule has 0 heterocycles. The average molecular weight is 335 g/mol. The molecule has 0 fully saturated rings. The summed E-state index contributed by atoms with van der Waals surface area (Å²) in [5.74, 6) is 0. The number of anilines is 1. The standard InChI is InChI=1S/C12H19BrN2O2S/c1-8(12(2,3)4)15-18(16,17)11-7-9(14)5-6-10(11)13/h5-8,15H,14H2,1-4H3. The molecular formula is C12H19BrN2O2S. The van der Waals surface area contributed by atoms with Crippen molar-refractivity contribution in [3.8, 4) is 0 Å². The fourth-order valence-corrected chi connectivity index (χ4v) is 3.65. The molecule has 0 radical (unpaired) electrons. The molecule has 3 N–H and O–H groups in total. The first kappa shape index (κ1) is 15.5. The SMILES string of the molecule is CC(NS(=O)(=O)c1cc(N)ccc1Br)C(C)(C)C. The maximum absolute atomic E-state index is 12.3. The first-order valence-electron chi connectivity index (χ1n) is 5.61. The molecule has 1 aromatic carbocycles. The summed E-state index contributed by atoms with van der Waals surface area (Å²) in [6.45, 7) is 7.79. The fraction of sp³-hybridized carbons (Fsp3) is 0.500. The van der Waals surface area contributed by atoms with Crippen molar-refractivity contribution in [3.63, 3.8) is 0 Å². The molecule has 1 unspecified atom stereocenters. The van der Waals surface area contributed by atoms with E-state index >= 15 is 0 Å². The van der Waals surface area contributed by atoms with Crippen molar-refractivity contribution >= 4 is 31.6 Å². The minimum absolute atomic E-state index is 0.153. The normalized spacial score (nSPS) is 14.5. The van der Waals surface area contributed by atoms with Gasteiger partial charge in [0.2, 0.25) is 10.0 Å². The first-order valence-corrected chi connectivity index (χ1v) is 7.89. The molecule has 0 aromatic heterocycles. The van der Waals surface area contributed by atoms with Crippen LogP contribution in [-0.2, 0) is 10.0 Å².